The molecule has 0 atom stereocenters. The van der Waals surface area contributed by atoms with Crippen LogP contribution in [0.25, 0.3) is 11.1 Å². The van der Waals surface area contributed by atoms with E-state index in [1.165, 1.54) is 61.7 Å². The average molecular weight is 358 g/mol. The first-order valence-electron chi connectivity index (χ1n) is 9.96. The normalized spacial score (nSPS) is 14.6. The molecule has 0 radical (unpaired) electrons. The molecule has 132 valence electrons. The molecule has 3 aliphatic rings. The van der Waals surface area contributed by atoms with Gasteiger partial charge in [0, 0.05) is 24.7 Å². The molecule has 3 aromatic carbocycles. The third-order valence-electron chi connectivity index (χ3n) is 6.51. The Morgan fingerprint density at radius 1 is 0.607 bits per heavy atom. The largest absolute Gasteiger partial charge is 0.308 e. The number of aromatic nitrogens is 1. The highest BCUT2D eigenvalue weighted by atomic mass is 15.2. The van der Waals surface area contributed by atoms with Crippen molar-refractivity contribution < 1.29 is 0 Å². The van der Waals surface area contributed by atoms with Gasteiger partial charge >= 0.3 is 0 Å². The number of pyridine rings is 1. The van der Waals surface area contributed by atoms with E-state index in [-0.39, 0.29) is 0 Å². The van der Waals surface area contributed by atoms with Crippen LogP contribution in [0.1, 0.15) is 33.5 Å². The first kappa shape index (κ1) is 14.6. The van der Waals surface area contributed by atoms with Crippen LogP contribution in [0.2, 0.25) is 0 Å². The monoisotopic (exact) mass is 358 g/mol. The second kappa shape index (κ2) is 5.11. The van der Waals surface area contributed by atoms with Crippen molar-refractivity contribution in [1.29, 1.82) is 0 Å². The molecule has 28 heavy (non-hydrogen) atoms. The van der Waals surface area contributed by atoms with Crippen molar-refractivity contribution in [1.82, 2.24) is 4.98 Å². The lowest BCUT2D eigenvalue weighted by molar-refractivity contribution is 0.958. The highest BCUT2D eigenvalue weighted by molar-refractivity contribution is 5.91. The van der Waals surface area contributed by atoms with Gasteiger partial charge in [-0.2, -0.15) is 0 Å². The summed E-state index contributed by atoms with van der Waals surface area (Å²) in [5.74, 6) is 0. The Morgan fingerprint density at radius 2 is 1.43 bits per heavy atom. The van der Waals surface area contributed by atoms with Crippen LogP contribution in [-0.2, 0) is 19.3 Å². The third-order valence-corrected chi connectivity index (χ3v) is 6.51. The lowest BCUT2D eigenvalue weighted by Gasteiger charge is -2.39. The summed E-state index contributed by atoms with van der Waals surface area (Å²) in [6, 6.07) is 24.7. The second-order valence-electron chi connectivity index (χ2n) is 8.06. The Labute approximate surface area is 164 Å². The van der Waals surface area contributed by atoms with Crippen LogP contribution in [-0.4, -0.2) is 4.98 Å². The Hall–Kier alpha value is -3.39. The Morgan fingerprint density at radius 3 is 2.39 bits per heavy atom. The van der Waals surface area contributed by atoms with Gasteiger partial charge in [0.2, 0.25) is 0 Å². The van der Waals surface area contributed by atoms with Gasteiger partial charge in [-0.15, -0.1) is 0 Å². The molecule has 0 unspecified atom stereocenters. The number of benzene rings is 3. The quantitative estimate of drug-likeness (QED) is 0.334. The zero-order valence-corrected chi connectivity index (χ0v) is 15.4. The number of hydrogen-bond acceptors (Lipinski definition) is 2. The summed E-state index contributed by atoms with van der Waals surface area (Å²) in [6.45, 7) is 0. The fourth-order valence-corrected chi connectivity index (χ4v) is 5.30. The summed E-state index contributed by atoms with van der Waals surface area (Å²) in [7, 11) is 0. The van der Waals surface area contributed by atoms with E-state index < -0.39 is 0 Å². The zero-order chi connectivity index (χ0) is 18.2. The van der Waals surface area contributed by atoms with Gasteiger partial charge < -0.3 is 4.90 Å². The van der Waals surface area contributed by atoms with E-state index in [4.69, 9.17) is 4.98 Å². The van der Waals surface area contributed by atoms with Gasteiger partial charge in [0.05, 0.1) is 17.1 Å². The second-order valence-corrected chi connectivity index (χ2v) is 8.06. The summed E-state index contributed by atoms with van der Waals surface area (Å²) >= 11 is 0. The molecule has 7 rings (SSSR count). The van der Waals surface area contributed by atoms with E-state index >= 15 is 0 Å². The van der Waals surface area contributed by atoms with Gasteiger partial charge in [-0.3, -0.25) is 4.98 Å². The summed E-state index contributed by atoms with van der Waals surface area (Å²) in [6.07, 6.45) is 4.92. The van der Waals surface area contributed by atoms with Crippen molar-refractivity contribution in [3.63, 3.8) is 0 Å². The molecule has 0 saturated carbocycles. The van der Waals surface area contributed by atoms with Crippen LogP contribution < -0.4 is 4.90 Å². The van der Waals surface area contributed by atoms with Crippen LogP contribution in [0.5, 0.6) is 0 Å². The fraction of sp³-hybridized carbons (Fsp3) is 0.115. The van der Waals surface area contributed by atoms with Crippen LogP contribution in [0.3, 0.4) is 0 Å². The maximum absolute atomic E-state index is 4.78. The van der Waals surface area contributed by atoms with Gasteiger partial charge in [0.15, 0.2) is 0 Å². The zero-order valence-electron chi connectivity index (χ0n) is 15.4. The standard InChI is InChI=1S/C26H18N2/c1-3-7-21-16(5-1)11-19-13-20-14-23-26-18(9-10-27-23)12-17-6-2-4-8-24(17)28(26)25(20)15-22(19)21/h1-10,13,15H,11-12,14H2. The molecule has 1 aromatic heterocycles. The summed E-state index contributed by atoms with van der Waals surface area (Å²) < 4.78 is 0. The minimum atomic E-state index is 0.917. The van der Waals surface area contributed by atoms with Crippen molar-refractivity contribution in [3.05, 3.63) is 106 Å². The molecule has 0 N–H and O–H groups in total. The van der Waals surface area contributed by atoms with Crippen molar-refractivity contribution in [2.24, 2.45) is 0 Å². The van der Waals surface area contributed by atoms with Gasteiger partial charge in [-0.25, -0.2) is 0 Å². The van der Waals surface area contributed by atoms with E-state index in [2.05, 4.69) is 71.6 Å². The van der Waals surface area contributed by atoms with E-state index in [1.54, 1.807) is 0 Å². The number of anilines is 3. The molecule has 4 aromatic rings. The highest BCUT2D eigenvalue weighted by Gasteiger charge is 2.33. The highest BCUT2D eigenvalue weighted by Crippen LogP contribution is 2.51. The smallest absolute Gasteiger partial charge is 0.0716 e. The summed E-state index contributed by atoms with van der Waals surface area (Å²) in [5, 5.41) is 0. The van der Waals surface area contributed by atoms with Crippen LogP contribution in [0.4, 0.5) is 17.1 Å². The van der Waals surface area contributed by atoms with Gasteiger partial charge in [0.25, 0.3) is 0 Å². The Kier molecular flexibility index (Phi) is 2.67. The molecule has 0 bridgehead atoms. The van der Waals surface area contributed by atoms with Crippen LogP contribution in [0.15, 0.2) is 72.9 Å². The molecule has 2 nitrogen and oxygen atoms in total. The van der Waals surface area contributed by atoms with Gasteiger partial charge in [-0.05, 0) is 63.6 Å². The van der Waals surface area contributed by atoms with Crippen molar-refractivity contribution in [2.75, 3.05) is 4.90 Å². The summed E-state index contributed by atoms with van der Waals surface area (Å²) in [5.41, 5.74) is 15.0. The maximum atomic E-state index is 4.78. The van der Waals surface area contributed by atoms with Crippen LogP contribution in [0, 0.1) is 0 Å². The minimum absolute atomic E-state index is 0.917. The SMILES string of the molecule is c1ccc2c(c1)Cc1cc3c(cc1-2)N1c2ccccc2Cc2ccnc(c21)C3. The number of rotatable bonds is 0. The minimum Gasteiger partial charge on any atom is -0.308 e. The van der Waals surface area contributed by atoms with Crippen LogP contribution >= 0.6 is 0 Å². The lowest BCUT2D eigenvalue weighted by atomic mass is 9.87. The molecule has 3 heterocycles. The Bertz CT molecular complexity index is 1300. The van der Waals surface area contributed by atoms with E-state index in [0.29, 0.717) is 0 Å². The predicted molar refractivity (Wildman–Crippen MR) is 113 cm³/mol. The number of hydrogen-bond donors (Lipinski definition) is 0. The van der Waals surface area contributed by atoms with E-state index in [9.17, 15) is 0 Å². The predicted octanol–water partition coefficient (Wildman–Crippen LogP) is 5.93. The van der Waals surface area contributed by atoms with Crippen molar-refractivity contribution in [3.8, 4) is 11.1 Å². The van der Waals surface area contributed by atoms with E-state index in [1.807, 2.05) is 6.20 Å². The fourth-order valence-electron chi connectivity index (χ4n) is 5.30. The maximum Gasteiger partial charge on any atom is 0.0716 e. The van der Waals surface area contributed by atoms with E-state index in [0.717, 1.165) is 19.3 Å². The first-order valence-corrected chi connectivity index (χ1v) is 9.96. The topological polar surface area (TPSA) is 16.1 Å². The molecule has 2 heteroatoms. The summed E-state index contributed by atoms with van der Waals surface area (Å²) in [4.78, 5) is 7.24. The molecular formula is C26H18N2. The molecular weight excluding hydrogens is 340 g/mol. The molecule has 0 saturated heterocycles. The number of nitrogens with zero attached hydrogens (tertiary/aromatic N) is 2. The van der Waals surface area contributed by atoms with Gasteiger partial charge in [0.1, 0.15) is 0 Å². The average Bonchev–Trinajstić information content (AvgIpc) is 3.09. The molecule has 0 fully saturated rings. The lowest BCUT2D eigenvalue weighted by Crippen LogP contribution is -2.25. The van der Waals surface area contributed by atoms with Gasteiger partial charge in [-0.1, -0.05) is 48.5 Å². The Balaban J connectivity index is 1.53. The molecule has 0 amide bonds. The number of fused-ring (bicyclic) bond motifs is 7. The molecule has 2 aliphatic heterocycles. The van der Waals surface area contributed by atoms with Crippen molar-refractivity contribution >= 4 is 17.1 Å². The molecule has 0 spiro atoms. The number of para-hydroxylation sites is 1. The van der Waals surface area contributed by atoms with Crippen molar-refractivity contribution in [2.45, 2.75) is 19.3 Å². The molecule has 1 aliphatic carbocycles. The third kappa shape index (κ3) is 1.80. The first-order chi connectivity index (χ1) is 13.9.